The molecule has 3 rings (SSSR count). The maximum Gasteiger partial charge on any atom is 0.319 e. The summed E-state index contributed by atoms with van der Waals surface area (Å²) in [5, 5.41) is 10.8. The third-order valence-corrected chi connectivity index (χ3v) is 4.08. The van der Waals surface area contributed by atoms with Gasteiger partial charge in [-0.3, -0.25) is 0 Å². The topological polar surface area (TPSA) is 90.3 Å². The van der Waals surface area contributed by atoms with Gasteiger partial charge in [0.05, 0.1) is 32.3 Å². The van der Waals surface area contributed by atoms with E-state index in [-0.39, 0.29) is 12.1 Å². The molecule has 0 aliphatic heterocycles. The molecule has 8 heteroatoms. The number of nitrogens with zero attached hydrogens (tertiary/aromatic N) is 3. The number of carbonyl (C=O) groups excluding carboxylic acids is 1. The summed E-state index contributed by atoms with van der Waals surface area (Å²) < 4.78 is 12.3. The highest BCUT2D eigenvalue weighted by Crippen LogP contribution is 2.27. The first-order valence-electron chi connectivity index (χ1n) is 8.61. The number of methoxy groups -OCH3 is 2. The standard InChI is InChI=1S/C19H23N5O3/c1-12(2)24-18-14(10-22-24)8-15(11-20-18)23-19(25)21-9-13-5-6-16(26-3)17(7-13)27-4/h5-8,10-12H,9H2,1-4H3,(H2,21,23,25). The average molecular weight is 369 g/mol. The van der Waals surface area contributed by atoms with Crippen molar-refractivity contribution in [3.05, 3.63) is 42.2 Å². The number of hydrogen-bond acceptors (Lipinski definition) is 5. The number of fused-ring (bicyclic) bond motifs is 1. The van der Waals surface area contributed by atoms with E-state index in [1.54, 1.807) is 32.7 Å². The molecule has 0 radical (unpaired) electrons. The molecular formula is C19H23N5O3. The third-order valence-electron chi connectivity index (χ3n) is 4.08. The number of ether oxygens (including phenoxy) is 2. The van der Waals surface area contributed by atoms with Crippen LogP contribution in [0, 0.1) is 0 Å². The third kappa shape index (κ3) is 4.11. The van der Waals surface area contributed by atoms with Crippen LogP contribution in [0.25, 0.3) is 11.0 Å². The van der Waals surface area contributed by atoms with Crippen LogP contribution >= 0.6 is 0 Å². The molecule has 2 aromatic heterocycles. The Kier molecular flexibility index (Phi) is 5.44. The number of aromatic nitrogens is 3. The van der Waals surface area contributed by atoms with Crippen LogP contribution in [0.5, 0.6) is 11.5 Å². The monoisotopic (exact) mass is 369 g/mol. The molecule has 0 fully saturated rings. The molecule has 0 atom stereocenters. The average Bonchev–Trinajstić information content (AvgIpc) is 3.09. The van der Waals surface area contributed by atoms with Gasteiger partial charge in [-0.05, 0) is 37.6 Å². The van der Waals surface area contributed by atoms with Gasteiger partial charge in [-0.1, -0.05) is 6.07 Å². The second kappa shape index (κ2) is 7.94. The summed E-state index contributed by atoms with van der Waals surface area (Å²) in [6.45, 7) is 4.44. The first-order chi connectivity index (χ1) is 13.0. The van der Waals surface area contributed by atoms with Crippen LogP contribution in [0.2, 0.25) is 0 Å². The number of pyridine rings is 1. The van der Waals surface area contributed by atoms with Crippen molar-refractivity contribution in [1.29, 1.82) is 0 Å². The van der Waals surface area contributed by atoms with E-state index in [9.17, 15) is 4.79 Å². The van der Waals surface area contributed by atoms with Gasteiger partial charge in [0, 0.05) is 18.0 Å². The number of carbonyl (C=O) groups is 1. The zero-order valence-corrected chi connectivity index (χ0v) is 15.8. The van der Waals surface area contributed by atoms with Gasteiger partial charge in [0.15, 0.2) is 17.1 Å². The summed E-state index contributed by atoms with van der Waals surface area (Å²) >= 11 is 0. The van der Waals surface area contributed by atoms with E-state index < -0.39 is 0 Å². The molecule has 2 N–H and O–H groups in total. The first-order valence-corrected chi connectivity index (χ1v) is 8.61. The smallest absolute Gasteiger partial charge is 0.319 e. The van der Waals surface area contributed by atoms with Gasteiger partial charge in [0.2, 0.25) is 0 Å². The highest BCUT2D eigenvalue weighted by molar-refractivity contribution is 5.91. The van der Waals surface area contributed by atoms with Crippen molar-refractivity contribution in [1.82, 2.24) is 20.1 Å². The van der Waals surface area contributed by atoms with Gasteiger partial charge in [0.1, 0.15) is 0 Å². The Labute approximate surface area is 157 Å². The summed E-state index contributed by atoms with van der Waals surface area (Å²) in [5.41, 5.74) is 2.30. The molecule has 0 aliphatic carbocycles. The van der Waals surface area contributed by atoms with Gasteiger partial charge in [0.25, 0.3) is 0 Å². The molecule has 0 aliphatic rings. The van der Waals surface area contributed by atoms with Crippen molar-refractivity contribution in [3.8, 4) is 11.5 Å². The van der Waals surface area contributed by atoms with E-state index in [1.807, 2.05) is 36.7 Å². The van der Waals surface area contributed by atoms with Gasteiger partial charge in [-0.2, -0.15) is 5.10 Å². The van der Waals surface area contributed by atoms with Crippen LogP contribution in [0.15, 0.2) is 36.7 Å². The van der Waals surface area contributed by atoms with Gasteiger partial charge in [-0.25, -0.2) is 14.5 Å². The molecule has 1 aromatic carbocycles. The Morgan fingerprint density at radius 1 is 1.15 bits per heavy atom. The minimum Gasteiger partial charge on any atom is -0.493 e. The maximum atomic E-state index is 12.2. The lowest BCUT2D eigenvalue weighted by atomic mass is 10.2. The molecule has 2 heterocycles. The Morgan fingerprint density at radius 2 is 1.93 bits per heavy atom. The second-order valence-electron chi connectivity index (χ2n) is 6.32. The number of anilines is 1. The number of nitrogens with one attached hydrogen (secondary N) is 2. The minimum atomic E-state index is -0.317. The number of urea groups is 1. The molecule has 0 bridgehead atoms. The molecule has 0 saturated carbocycles. The summed E-state index contributed by atoms with van der Waals surface area (Å²) in [6, 6.07) is 7.26. The van der Waals surface area contributed by atoms with Crippen molar-refractivity contribution < 1.29 is 14.3 Å². The Bertz CT molecular complexity index is 952. The van der Waals surface area contributed by atoms with Crippen molar-refractivity contribution in [3.63, 3.8) is 0 Å². The highest BCUT2D eigenvalue weighted by atomic mass is 16.5. The highest BCUT2D eigenvalue weighted by Gasteiger charge is 2.10. The Morgan fingerprint density at radius 3 is 2.63 bits per heavy atom. The molecule has 8 nitrogen and oxygen atoms in total. The van der Waals surface area contributed by atoms with Crippen LogP contribution in [-0.2, 0) is 6.54 Å². The fraction of sp³-hybridized carbons (Fsp3) is 0.316. The first kappa shape index (κ1) is 18.5. The fourth-order valence-corrected chi connectivity index (χ4v) is 2.73. The summed E-state index contributed by atoms with van der Waals surface area (Å²) in [4.78, 5) is 16.6. The summed E-state index contributed by atoms with van der Waals surface area (Å²) in [7, 11) is 3.16. The molecule has 27 heavy (non-hydrogen) atoms. The van der Waals surface area contributed by atoms with E-state index in [1.165, 1.54) is 0 Å². The minimum absolute atomic E-state index is 0.221. The lowest BCUT2D eigenvalue weighted by Crippen LogP contribution is -2.28. The molecule has 142 valence electrons. The molecule has 3 aromatic rings. The van der Waals surface area contributed by atoms with E-state index in [0.717, 1.165) is 16.6 Å². The van der Waals surface area contributed by atoms with Gasteiger partial charge < -0.3 is 20.1 Å². The van der Waals surface area contributed by atoms with Crippen molar-refractivity contribution >= 4 is 22.8 Å². The van der Waals surface area contributed by atoms with E-state index >= 15 is 0 Å². The summed E-state index contributed by atoms with van der Waals surface area (Å²) in [6.07, 6.45) is 3.37. The van der Waals surface area contributed by atoms with Gasteiger partial charge >= 0.3 is 6.03 Å². The normalized spacial score (nSPS) is 10.9. The van der Waals surface area contributed by atoms with Crippen LogP contribution in [-0.4, -0.2) is 35.0 Å². The fourth-order valence-electron chi connectivity index (χ4n) is 2.73. The SMILES string of the molecule is COc1ccc(CNC(=O)Nc2cnc3c(cnn3C(C)C)c2)cc1OC. The van der Waals surface area contributed by atoms with Crippen LogP contribution < -0.4 is 20.1 Å². The van der Waals surface area contributed by atoms with Crippen molar-refractivity contribution in [2.75, 3.05) is 19.5 Å². The zero-order chi connectivity index (χ0) is 19.4. The van der Waals surface area contributed by atoms with Crippen LogP contribution in [0.4, 0.5) is 10.5 Å². The number of rotatable bonds is 6. The van der Waals surface area contributed by atoms with Crippen molar-refractivity contribution in [2.24, 2.45) is 0 Å². The Balaban J connectivity index is 1.63. The number of hydrogen-bond donors (Lipinski definition) is 2. The van der Waals surface area contributed by atoms with E-state index in [4.69, 9.17) is 9.47 Å². The van der Waals surface area contributed by atoms with Crippen LogP contribution in [0.1, 0.15) is 25.5 Å². The van der Waals surface area contributed by atoms with E-state index in [2.05, 4.69) is 20.7 Å². The lowest BCUT2D eigenvalue weighted by Gasteiger charge is -2.11. The number of amides is 2. The molecular weight excluding hydrogens is 346 g/mol. The predicted molar refractivity (Wildman–Crippen MR) is 103 cm³/mol. The molecule has 0 unspecified atom stereocenters. The predicted octanol–water partition coefficient (Wildman–Crippen LogP) is 3.35. The largest absolute Gasteiger partial charge is 0.493 e. The Hall–Kier alpha value is -3.29. The second-order valence-corrected chi connectivity index (χ2v) is 6.32. The zero-order valence-electron chi connectivity index (χ0n) is 15.8. The van der Waals surface area contributed by atoms with Crippen LogP contribution in [0.3, 0.4) is 0 Å². The summed E-state index contributed by atoms with van der Waals surface area (Å²) in [5.74, 6) is 1.26. The quantitative estimate of drug-likeness (QED) is 0.695. The molecule has 0 saturated heterocycles. The van der Waals surface area contributed by atoms with Crippen molar-refractivity contribution in [2.45, 2.75) is 26.4 Å². The molecule has 2 amide bonds. The van der Waals surface area contributed by atoms with Gasteiger partial charge in [-0.15, -0.1) is 0 Å². The van der Waals surface area contributed by atoms with E-state index in [0.29, 0.717) is 23.7 Å². The lowest BCUT2D eigenvalue weighted by molar-refractivity contribution is 0.251. The molecule has 0 spiro atoms. The maximum absolute atomic E-state index is 12.2. The number of benzene rings is 1.